The highest BCUT2D eigenvalue weighted by Crippen LogP contribution is 2.00. The normalized spacial score (nSPS) is 23.9. The summed E-state index contributed by atoms with van der Waals surface area (Å²) < 4.78 is 28.8. The van der Waals surface area contributed by atoms with E-state index in [0.29, 0.717) is 19.7 Å². The molecule has 1 heterocycles. The second kappa shape index (κ2) is 5.94. The molecule has 0 aromatic rings. The van der Waals surface area contributed by atoms with E-state index in [-0.39, 0.29) is 0 Å². The van der Waals surface area contributed by atoms with Crippen LogP contribution in [0.5, 0.6) is 0 Å². The predicted octanol–water partition coefficient (Wildman–Crippen LogP) is -1.28. The van der Waals surface area contributed by atoms with Crippen LogP contribution in [0.2, 0.25) is 0 Å². The zero-order valence-electron chi connectivity index (χ0n) is 8.08. The lowest BCUT2D eigenvalue weighted by atomic mass is 10.2. The Balaban J connectivity index is 2.22. The average molecular weight is 224 g/mol. The maximum absolute atomic E-state index is 11.9. The lowest BCUT2D eigenvalue weighted by Gasteiger charge is -2.23. The Kier molecular flexibility index (Phi) is 4.86. The zero-order chi connectivity index (χ0) is 11.3. The number of aliphatic hydroxyl groups excluding tert-OH is 1. The minimum atomic E-state index is -2.85. The van der Waals surface area contributed by atoms with Crippen LogP contribution >= 0.6 is 0 Å². The van der Waals surface area contributed by atoms with Gasteiger partial charge in [-0.2, -0.15) is 0 Å². The molecule has 0 saturated carbocycles. The number of carbonyl (C=O) groups excluding carboxylic acids is 1. The first-order valence-corrected chi connectivity index (χ1v) is 4.67. The molecule has 1 aliphatic heterocycles. The third kappa shape index (κ3) is 4.06. The molecule has 2 atom stereocenters. The van der Waals surface area contributed by atoms with Gasteiger partial charge < -0.3 is 20.5 Å². The molecule has 0 aromatic carbocycles. The molecule has 0 bridgehead atoms. The largest absolute Gasteiger partial charge is 0.385 e. The molecular weight excluding hydrogens is 210 g/mol. The summed E-state index contributed by atoms with van der Waals surface area (Å²) in [4.78, 5) is 11.3. The summed E-state index contributed by atoms with van der Waals surface area (Å²) in [7, 11) is 0. The maximum Gasteiger partial charge on any atom is 0.265 e. The summed E-state index contributed by atoms with van der Waals surface area (Å²) in [6.45, 7) is 0.978. The van der Waals surface area contributed by atoms with Gasteiger partial charge in [-0.1, -0.05) is 0 Å². The molecule has 1 rings (SSSR count). The van der Waals surface area contributed by atoms with Crippen LogP contribution in [0, 0.1) is 0 Å². The van der Waals surface area contributed by atoms with E-state index >= 15 is 0 Å². The van der Waals surface area contributed by atoms with Crippen LogP contribution in [0.25, 0.3) is 0 Å². The van der Waals surface area contributed by atoms with E-state index in [1.807, 2.05) is 0 Å². The number of hydrogen-bond acceptors (Lipinski definition) is 4. The Bertz CT molecular complexity index is 210. The summed E-state index contributed by atoms with van der Waals surface area (Å²) in [5.74, 6) is -0.484. The number of carbonyl (C=O) groups is 1. The molecule has 88 valence electrons. The number of hydrogen-bond donors (Lipinski definition) is 3. The molecule has 0 aromatic heterocycles. The van der Waals surface area contributed by atoms with Crippen molar-refractivity contribution < 1.29 is 23.4 Å². The van der Waals surface area contributed by atoms with E-state index in [9.17, 15) is 13.6 Å². The second-order valence-electron chi connectivity index (χ2n) is 3.21. The molecule has 3 N–H and O–H groups in total. The Hall–Kier alpha value is -0.790. The van der Waals surface area contributed by atoms with Gasteiger partial charge in [-0.3, -0.25) is 4.79 Å². The van der Waals surface area contributed by atoms with Crippen LogP contribution in [0.15, 0.2) is 0 Å². The van der Waals surface area contributed by atoms with Gasteiger partial charge in [0.2, 0.25) is 0 Å². The van der Waals surface area contributed by atoms with Gasteiger partial charge >= 0.3 is 0 Å². The van der Waals surface area contributed by atoms with Crippen LogP contribution in [0.1, 0.15) is 0 Å². The summed E-state index contributed by atoms with van der Waals surface area (Å²) in [5, 5.41) is 13.9. The first-order valence-electron chi connectivity index (χ1n) is 4.67. The van der Waals surface area contributed by atoms with Crippen molar-refractivity contribution in [1.82, 2.24) is 10.6 Å². The third-order valence-corrected chi connectivity index (χ3v) is 2.00. The zero-order valence-corrected chi connectivity index (χ0v) is 8.08. The van der Waals surface area contributed by atoms with E-state index in [1.54, 1.807) is 0 Å². The van der Waals surface area contributed by atoms with Gasteiger partial charge in [-0.05, 0) is 0 Å². The van der Waals surface area contributed by atoms with Gasteiger partial charge in [-0.25, -0.2) is 8.78 Å². The molecule has 0 radical (unpaired) electrons. The number of ether oxygens (including phenoxy) is 1. The molecule has 5 nitrogen and oxygen atoms in total. The first kappa shape index (κ1) is 12.3. The summed E-state index contributed by atoms with van der Waals surface area (Å²) in [5.41, 5.74) is 0. The molecule has 0 aliphatic carbocycles. The van der Waals surface area contributed by atoms with Gasteiger partial charge in [0.05, 0.1) is 6.61 Å². The fourth-order valence-corrected chi connectivity index (χ4v) is 1.14. The molecule has 1 amide bonds. The Morgan fingerprint density at radius 1 is 1.67 bits per heavy atom. The number of morpholine rings is 1. The highest BCUT2D eigenvalue weighted by molar-refractivity contribution is 5.81. The lowest BCUT2D eigenvalue weighted by Crippen LogP contribution is -2.49. The van der Waals surface area contributed by atoms with E-state index < -0.39 is 31.1 Å². The fourth-order valence-electron chi connectivity index (χ4n) is 1.14. The van der Waals surface area contributed by atoms with Crippen molar-refractivity contribution in [2.75, 3.05) is 26.2 Å². The molecule has 0 spiro atoms. The average Bonchev–Trinajstić information content (AvgIpc) is 2.26. The standard InChI is InChI=1S/C8H14F2N2O3/c9-7(10)5(13)3-12-8(14)6-4-11-1-2-15-6/h5-7,11,13H,1-4H2,(H,12,14). The van der Waals surface area contributed by atoms with Gasteiger partial charge in [0.1, 0.15) is 12.2 Å². The van der Waals surface area contributed by atoms with Gasteiger partial charge in [-0.15, -0.1) is 0 Å². The van der Waals surface area contributed by atoms with Crippen molar-refractivity contribution in [2.45, 2.75) is 18.6 Å². The van der Waals surface area contributed by atoms with Crippen molar-refractivity contribution in [2.24, 2.45) is 0 Å². The number of halogens is 2. The van der Waals surface area contributed by atoms with Crippen molar-refractivity contribution in [3.05, 3.63) is 0 Å². The highest BCUT2D eigenvalue weighted by Gasteiger charge is 2.23. The monoisotopic (exact) mass is 224 g/mol. The van der Waals surface area contributed by atoms with E-state index in [1.165, 1.54) is 0 Å². The molecule has 7 heteroatoms. The van der Waals surface area contributed by atoms with Crippen LogP contribution in [-0.4, -0.2) is 55.9 Å². The van der Waals surface area contributed by atoms with Crippen LogP contribution in [0.4, 0.5) is 8.78 Å². The number of rotatable bonds is 4. The Morgan fingerprint density at radius 2 is 2.40 bits per heavy atom. The third-order valence-electron chi connectivity index (χ3n) is 2.00. The minimum absolute atomic E-state index is 0.358. The van der Waals surface area contributed by atoms with E-state index in [0.717, 1.165) is 0 Å². The molecule has 1 saturated heterocycles. The topological polar surface area (TPSA) is 70.6 Å². The number of amides is 1. The van der Waals surface area contributed by atoms with Gasteiger partial charge in [0.25, 0.3) is 12.3 Å². The van der Waals surface area contributed by atoms with Crippen molar-refractivity contribution in [3.63, 3.8) is 0 Å². The second-order valence-corrected chi connectivity index (χ2v) is 3.21. The van der Waals surface area contributed by atoms with Crippen LogP contribution in [-0.2, 0) is 9.53 Å². The molecular formula is C8H14F2N2O3. The van der Waals surface area contributed by atoms with Crippen molar-refractivity contribution >= 4 is 5.91 Å². The van der Waals surface area contributed by atoms with E-state index in [4.69, 9.17) is 9.84 Å². The lowest BCUT2D eigenvalue weighted by molar-refractivity contribution is -0.135. The maximum atomic E-state index is 11.9. The van der Waals surface area contributed by atoms with E-state index in [2.05, 4.69) is 10.6 Å². The molecule has 1 aliphatic rings. The van der Waals surface area contributed by atoms with Crippen molar-refractivity contribution in [3.8, 4) is 0 Å². The quantitative estimate of drug-likeness (QED) is 0.556. The summed E-state index contributed by atoms with van der Waals surface area (Å²) >= 11 is 0. The molecule has 2 unspecified atom stereocenters. The number of aliphatic hydroxyl groups is 1. The smallest absolute Gasteiger partial charge is 0.265 e. The van der Waals surface area contributed by atoms with Crippen LogP contribution in [0.3, 0.4) is 0 Å². The Labute approximate surface area is 85.8 Å². The Morgan fingerprint density at radius 3 is 2.93 bits per heavy atom. The van der Waals surface area contributed by atoms with Gasteiger partial charge in [0.15, 0.2) is 0 Å². The SMILES string of the molecule is O=C(NCC(O)C(F)F)C1CNCCO1. The summed E-state index contributed by atoms with van der Waals surface area (Å²) in [6, 6.07) is 0. The predicted molar refractivity (Wildman–Crippen MR) is 47.6 cm³/mol. The minimum Gasteiger partial charge on any atom is -0.385 e. The summed E-state index contributed by atoms with van der Waals surface area (Å²) in [6.07, 6.45) is -5.34. The fraction of sp³-hybridized carbons (Fsp3) is 0.875. The number of alkyl halides is 2. The first-order chi connectivity index (χ1) is 7.11. The molecule has 1 fully saturated rings. The van der Waals surface area contributed by atoms with Crippen molar-refractivity contribution in [1.29, 1.82) is 0 Å². The molecule has 15 heavy (non-hydrogen) atoms. The number of nitrogens with one attached hydrogen (secondary N) is 2. The highest BCUT2D eigenvalue weighted by atomic mass is 19.3. The van der Waals surface area contributed by atoms with Gasteiger partial charge in [0, 0.05) is 19.6 Å². The van der Waals surface area contributed by atoms with Crippen LogP contribution < -0.4 is 10.6 Å².